The van der Waals surface area contributed by atoms with Gasteiger partial charge in [0.25, 0.3) is 0 Å². The lowest BCUT2D eigenvalue weighted by molar-refractivity contribution is 0.885. The second kappa shape index (κ2) is 35.5. The van der Waals surface area contributed by atoms with Gasteiger partial charge in [-0.05, 0) is 129 Å². The second-order valence-corrected chi connectivity index (χ2v) is 32.4. The number of aromatic nitrogens is 10. The van der Waals surface area contributed by atoms with Gasteiger partial charge in [-0.25, -0.2) is 34.9 Å². The van der Waals surface area contributed by atoms with Crippen LogP contribution >= 0.6 is 0 Å². The van der Waals surface area contributed by atoms with Gasteiger partial charge in [0.1, 0.15) is 11.6 Å². The molecule has 0 aliphatic rings. The number of pyridine rings is 6. The average Bonchev–Trinajstić information content (AvgIpc) is 1.40. The molecule has 0 aliphatic heterocycles. The van der Waals surface area contributed by atoms with Crippen LogP contribution in [0.4, 0.5) is 0 Å². The van der Waals surface area contributed by atoms with E-state index in [1.165, 1.54) is 27.3 Å². The molecular formula is C121H82N10. The lowest BCUT2D eigenvalue weighted by Gasteiger charge is -2.18. The number of imidazole rings is 1. The van der Waals surface area contributed by atoms with Crippen LogP contribution in [0.1, 0.15) is 12.7 Å². The van der Waals surface area contributed by atoms with Gasteiger partial charge in [-0.2, -0.15) is 0 Å². The van der Waals surface area contributed by atoms with Crippen molar-refractivity contribution >= 4 is 76.1 Å². The molecule has 8 aromatic heterocycles. The number of hydrogen-bond acceptors (Lipinski definition) is 9. The minimum atomic E-state index is 0.699. The first-order valence-corrected chi connectivity index (χ1v) is 44.3. The Hall–Kier alpha value is -17.5. The Balaban J connectivity index is 0.000000116. The van der Waals surface area contributed by atoms with Gasteiger partial charge >= 0.3 is 0 Å². The van der Waals surface area contributed by atoms with E-state index in [1.807, 2.05) is 91.3 Å². The molecule has 0 radical (unpaired) electrons. The van der Waals surface area contributed by atoms with E-state index in [9.17, 15) is 0 Å². The van der Waals surface area contributed by atoms with Crippen LogP contribution in [0.15, 0.2) is 468 Å². The molecule has 0 fully saturated rings. The molecule has 24 rings (SSSR count). The summed E-state index contributed by atoms with van der Waals surface area (Å²) in [5.74, 6) is 2.59. The topological polar surface area (TPSA) is 121 Å². The lowest BCUT2D eigenvalue weighted by atomic mass is 9.89. The maximum Gasteiger partial charge on any atom is 0.160 e. The molecule has 10 nitrogen and oxygen atoms in total. The van der Waals surface area contributed by atoms with E-state index >= 15 is 0 Å². The number of hydrogen-bond donors (Lipinski definition) is 0. The Morgan fingerprint density at radius 2 is 0.550 bits per heavy atom. The van der Waals surface area contributed by atoms with Gasteiger partial charge in [-0.15, -0.1) is 0 Å². The molecule has 0 saturated heterocycles. The highest BCUT2D eigenvalue weighted by molar-refractivity contribution is 6.20. The first-order chi connectivity index (χ1) is 64.9. The molecule has 8 heterocycles. The summed E-state index contributed by atoms with van der Waals surface area (Å²) in [4.78, 5) is 44.8. The summed E-state index contributed by atoms with van der Waals surface area (Å²) in [6, 6.07) is 156. The number of nitrogens with zero attached hydrogens (tertiary/aromatic N) is 10. The van der Waals surface area contributed by atoms with Crippen LogP contribution in [0.25, 0.3) is 228 Å². The third-order valence-electron chi connectivity index (χ3n) is 24.4. The molecule has 0 spiro atoms. The van der Waals surface area contributed by atoms with Crippen molar-refractivity contribution in [2.45, 2.75) is 13.3 Å². The molecule has 0 bridgehead atoms. The van der Waals surface area contributed by atoms with Gasteiger partial charge in [-0.1, -0.05) is 377 Å². The normalized spacial score (nSPS) is 11.3. The summed E-state index contributed by atoms with van der Waals surface area (Å²) in [7, 11) is 0. The smallest absolute Gasteiger partial charge is 0.160 e. The van der Waals surface area contributed by atoms with E-state index in [1.54, 1.807) is 6.20 Å². The van der Waals surface area contributed by atoms with E-state index in [4.69, 9.17) is 39.9 Å². The molecule has 131 heavy (non-hydrogen) atoms. The molecule has 24 aromatic rings. The highest BCUT2D eigenvalue weighted by Crippen LogP contribution is 2.47. The first kappa shape index (κ1) is 79.4. The molecule has 0 unspecified atom stereocenters. The Bertz CT molecular complexity index is 8270. The zero-order valence-electron chi connectivity index (χ0n) is 71.6. The van der Waals surface area contributed by atoms with Gasteiger partial charge < -0.3 is 0 Å². The first-order valence-electron chi connectivity index (χ1n) is 44.3. The van der Waals surface area contributed by atoms with Crippen LogP contribution in [-0.4, -0.2) is 49.4 Å². The van der Waals surface area contributed by atoms with Crippen LogP contribution < -0.4 is 0 Å². The molecule has 0 N–H and O–H groups in total. The maximum absolute atomic E-state index is 5.29. The monoisotopic (exact) mass is 1670 g/mol. The van der Waals surface area contributed by atoms with Crippen molar-refractivity contribution in [3.05, 3.63) is 473 Å². The molecule has 0 atom stereocenters. The summed E-state index contributed by atoms with van der Waals surface area (Å²) in [6.07, 6.45) is 6.53. The Morgan fingerprint density at radius 3 is 0.954 bits per heavy atom. The van der Waals surface area contributed by atoms with Crippen molar-refractivity contribution in [1.29, 1.82) is 0 Å². The summed E-state index contributed by atoms with van der Waals surface area (Å²) in [5, 5.41) is 10.5. The highest BCUT2D eigenvalue weighted by Gasteiger charge is 2.25. The standard InChI is InChI=1S/C47H31N3.C39H28N4.C35H23N3/c1-5-17-32(18-6-1)44-40-29-16-28-38(43(40)39-27-13-14-30-41(39)48-44)36-25-15-26-37(31-36)42-45(33-19-7-2-8-20-33)49-47(35-23-11-4-12-24-35)50-46(42)34-21-9-3-10-22-34;1-2-36-41-34-20-8-9-21-35(34)43(36)37-23-22-29(25-40-37)27-14-10-15-28(24-27)30-17-11-18-32-38(30)31-16-6-7-19-33(31)42-39(32)26-12-4-3-5-13-26;1-2-10-24(11-3-1)35-30-16-9-15-28(34(30)29-14-4-5-17-31(29)38-35)26-13-8-12-25(22-26)27-19-20-33(37-23-27)32-18-6-7-21-36-32/h1-31H;3-25H,2H2,1H3;1-23H. The number of benzene rings is 16. The number of aryl methyl sites for hydroxylation is 1. The zero-order chi connectivity index (χ0) is 87.3. The summed E-state index contributed by atoms with van der Waals surface area (Å²) >= 11 is 0. The Kier molecular flexibility index (Phi) is 21.5. The molecule has 0 amide bonds. The minimum absolute atomic E-state index is 0.699. The number of fused-ring (bicyclic) bond motifs is 10. The van der Waals surface area contributed by atoms with Crippen LogP contribution in [0.3, 0.4) is 0 Å². The van der Waals surface area contributed by atoms with E-state index in [2.05, 4.69) is 387 Å². The van der Waals surface area contributed by atoms with E-state index in [-0.39, 0.29) is 0 Å². The summed E-state index contributed by atoms with van der Waals surface area (Å²) in [5.41, 5.74) is 31.4. The van der Waals surface area contributed by atoms with Crippen molar-refractivity contribution in [2.75, 3.05) is 0 Å². The van der Waals surface area contributed by atoms with Crippen molar-refractivity contribution in [3.63, 3.8) is 0 Å². The van der Waals surface area contributed by atoms with Crippen LogP contribution in [0.2, 0.25) is 0 Å². The van der Waals surface area contributed by atoms with E-state index < -0.39 is 0 Å². The van der Waals surface area contributed by atoms with Crippen molar-refractivity contribution in [1.82, 2.24) is 49.4 Å². The predicted molar refractivity (Wildman–Crippen MR) is 541 cm³/mol. The van der Waals surface area contributed by atoms with Gasteiger partial charge in [0.05, 0.1) is 67.4 Å². The van der Waals surface area contributed by atoms with Gasteiger partial charge in [0.2, 0.25) is 0 Å². The number of para-hydroxylation sites is 5. The maximum atomic E-state index is 5.29. The number of rotatable bonds is 15. The third-order valence-corrected chi connectivity index (χ3v) is 24.4. The lowest BCUT2D eigenvalue weighted by Crippen LogP contribution is -2.02. The second-order valence-electron chi connectivity index (χ2n) is 32.4. The zero-order valence-corrected chi connectivity index (χ0v) is 71.6. The summed E-state index contributed by atoms with van der Waals surface area (Å²) < 4.78 is 2.16. The largest absolute Gasteiger partial charge is 0.280 e. The van der Waals surface area contributed by atoms with Crippen molar-refractivity contribution in [3.8, 4) is 152 Å². The molecule has 0 saturated carbocycles. The van der Waals surface area contributed by atoms with Crippen LogP contribution in [-0.2, 0) is 6.42 Å². The fraction of sp³-hybridized carbons (Fsp3) is 0.0165. The van der Waals surface area contributed by atoms with Gasteiger partial charge in [0.15, 0.2) is 5.82 Å². The average molecular weight is 1680 g/mol. The van der Waals surface area contributed by atoms with E-state index in [0.717, 1.165) is 207 Å². The molecule has 10 heteroatoms. The molecule has 616 valence electrons. The quantitative estimate of drug-likeness (QED) is 0.0924. The van der Waals surface area contributed by atoms with Crippen molar-refractivity contribution in [2.24, 2.45) is 0 Å². The van der Waals surface area contributed by atoms with Crippen LogP contribution in [0.5, 0.6) is 0 Å². The SMILES string of the molecule is CCc1nc2ccccc2n1-c1ccc(-c2cccc(-c3cccc4c(-c5ccccc5)nc5ccccc5c34)c2)cn1.c1ccc(-c2nc(-c3ccccc3)c(-c3cccc(-c4cccc5c(-c6ccccc6)nc6ccccc6c45)c3)c(-c3ccccc3)n2)cc1.c1ccc(-c2nc3ccccc3c3c(-c4cccc(-c5ccc(-c6ccccn6)nc5)c4)cccc23)cc1. The Morgan fingerprint density at radius 1 is 0.214 bits per heavy atom. The van der Waals surface area contributed by atoms with Crippen LogP contribution in [0, 0.1) is 0 Å². The fourth-order valence-corrected chi connectivity index (χ4v) is 18.3. The fourth-order valence-electron chi connectivity index (χ4n) is 18.3. The molecule has 16 aromatic carbocycles. The van der Waals surface area contributed by atoms with E-state index in [0.29, 0.717) is 5.82 Å². The molecular weight excluding hydrogens is 1590 g/mol. The molecule has 0 aliphatic carbocycles. The highest BCUT2D eigenvalue weighted by atomic mass is 15.1. The van der Waals surface area contributed by atoms with Crippen molar-refractivity contribution < 1.29 is 0 Å². The summed E-state index contributed by atoms with van der Waals surface area (Å²) in [6.45, 7) is 2.13. The third kappa shape index (κ3) is 15.6. The Labute approximate surface area is 758 Å². The van der Waals surface area contributed by atoms with Gasteiger partial charge in [-0.3, -0.25) is 14.5 Å². The minimum Gasteiger partial charge on any atom is -0.280 e. The van der Waals surface area contributed by atoms with Gasteiger partial charge in [0, 0.05) is 124 Å². The predicted octanol–water partition coefficient (Wildman–Crippen LogP) is 30.7.